The topological polar surface area (TPSA) is 68.2 Å². The number of carboxylic acid groups (broad SMARTS) is 1. The van der Waals surface area contributed by atoms with Crippen LogP contribution in [0.1, 0.15) is 29.3 Å². The highest BCUT2D eigenvalue weighted by molar-refractivity contribution is 6.03. The quantitative estimate of drug-likeness (QED) is 0.850. The zero-order chi connectivity index (χ0) is 13.1. The summed E-state index contributed by atoms with van der Waals surface area (Å²) in [6, 6.07) is 5.44. The Bertz CT molecular complexity index is 572. The van der Waals surface area contributed by atoms with Gasteiger partial charge in [-0.2, -0.15) is 0 Å². The van der Waals surface area contributed by atoms with Gasteiger partial charge in [0.2, 0.25) is 0 Å². The van der Waals surface area contributed by atoms with Crippen molar-refractivity contribution >= 4 is 16.9 Å². The van der Waals surface area contributed by atoms with E-state index in [9.17, 15) is 9.90 Å². The van der Waals surface area contributed by atoms with Gasteiger partial charge in [-0.3, -0.25) is 0 Å². The zero-order valence-corrected chi connectivity index (χ0v) is 10.5. The van der Waals surface area contributed by atoms with E-state index >= 15 is 0 Å². The maximum absolute atomic E-state index is 11.3. The van der Waals surface area contributed by atoms with Gasteiger partial charge < -0.3 is 15.4 Å². The monoisotopic (exact) mass is 246 g/mol. The molecule has 18 heavy (non-hydrogen) atoms. The first kappa shape index (κ1) is 12.6. The molecule has 0 fully saturated rings. The Labute approximate surface area is 106 Å². The molecule has 2 aromatic rings. The number of carbonyl (C=O) groups is 1. The fourth-order valence-electron chi connectivity index (χ4n) is 2.39. The molecule has 0 saturated carbocycles. The molecule has 0 aliphatic heterocycles. The van der Waals surface area contributed by atoms with Crippen molar-refractivity contribution in [1.29, 1.82) is 0 Å². The van der Waals surface area contributed by atoms with Gasteiger partial charge in [-0.05, 0) is 18.1 Å². The number of rotatable bonds is 5. The number of nitrogens with zero attached hydrogens (tertiary/aromatic N) is 1. The van der Waals surface area contributed by atoms with Crippen LogP contribution in [0, 0.1) is 0 Å². The average Bonchev–Trinajstić information content (AvgIpc) is 2.69. The molecule has 2 rings (SSSR count). The maximum Gasteiger partial charge on any atom is 0.337 e. The van der Waals surface area contributed by atoms with Gasteiger partial charge in [-0.15, -0.1) is 0 Å². The van der Waals surface area contributed by atoms with Crippen molar-refractivity contribution in [3.8, 4) is 0 Å². The third-order valence-corrected chi connectivity index (χ3v) is 3.10. The molecule has 4 heteroatoms. The average molecular weight is 246 g/mol. The van der Waals surface area contributed by atoms with E-state index in [2.05, 4.69) is 6.92 Å². The molecular formula is C14H18N2O2. The van der Waals surface area contributed by atoms with Gasteiger partial charge in [-0.25, -0.2) is 4.79 Å². The van der Waals surface area contributed by atoms with Crippen molar-refractivity contribution in [2.75, 3.05) is 6.54 Å². The number of fused-ring (bicyclic) bond motifs is 1. The minimum Gasteiger partial charge on any atom is -0.478 e. The molecule has 1 aromatic carbocycles. The third kappa shape index (κ3) is 2.11. The minimum absolute atomic E-state index is 0.350. The Morgan fingerprint density at radius 2 is 2.22 bits per heavy atom. The summed E-state index contributed by atoms with van der Waals surface area (Å²) in [5.74, 6) is -0.889. The lowest BCUT2D eigenvalue weighted by atomic mass is 10.1. The second kappa shape index (κ2) is 5.23. The van der Waals surface area contributed by atoms with Gasteiger partial charge in [0, 0.05) is 24.7 Å². The standard InChI is InChI=1S/C14H18N2O2/c1-2-4-10-9-16(8-7-15)13-11(10)5-3-6-12(13)14(17)18/h3,5-6,9H,2,4,7-8,15H2,1H3,(H,17,18). The van der Waals surface area contributed by atoms with E-state index in [1.54, 1.807) is 12.1 Å². The first-order chi connectivity index (χ1) is 8.69. The second-order valence-electron chi connectivity index (χ2n) is 4.39. The summed E-state index contributed by atoms with van der Waals surface area (Å²) in [7, 11) is 0. The molecule has 3 N–H and O–H groups in total. The summed E-state index contributed by atoms with van der Waals surface area (Å²) in [6.07, 6.45) is 4.03. The largest absolute Gasteiger partial charge is 0.478 e. The summed E-state index contributed by atoms with van der Waals surface area (Å²) >= 11 is 0. The van der Waals surface area contributed by atoms with Crippen molar-refractivity contribution < 1.29 is 9.90 Å². The number of aromatic nitrogens is 1. The van der Waals surface area contributed by atoms with Gasteiger partial charge in [0.15, 0.2) is 0 Å². The van der Waals surface area contributed by atoms with Crippen LogP contribution in [-0.2, 0) is 13.0 Å². The van der Waals surface area contributed by atoms with E-state index in [1.165, 1.54) is 5.56 Å². The van der Waals surface area contributed by atoms with E-state index in [0.29, 0.717) is 18.7 Å². The third-order valence-electron chi connectivity index (χ3n) is 3.10. The number of carboxylic acids is 1. The fraction of sp³-hybridized carbons (Fsp3) is 0.357. The first-order valence-electron chi connectivity index (χ1n) is 6.23. The Balaban J connectivity index is 2.70. The molecule has 0 saturated heterocycles. The fourth-order valence-corrected chi connectivity index (χ4v) is 2.39. The molecule has 96 valence electrons. The molecule has 0 aliphatic carbocycles. The molecule has 0 spiro atoms. The summed E-state index contributed by atoms with van der Waals surface area (Å²) < 4.78 is 1.96. The first-order valence-corrected chi connectivity index (χ1v) is 6.23. The zero-order valence-electron chi connectivity index (χ0n) is 10.5. The van der Waals surface area contributed by atoms with Gasteiger partial charge in [0.25, 0.3) is 0 Å². The molecule has 1 aromatic heterocycles. The lowest BCUT2D eigenvalue weighted by molar-refractivity contribution is 0.0698. The van der Waals surface area contributed by atoms with Crippen LogP contribution in [0.2, 0.25) is 0 Å². The van der Waals surface area contributed by atoms with E-state index in [1.807, 2.05) is 16.8 Å². The molecular weight excluding hydrogens is 228 g/mol. The van der Waals surface area contributed by atoms with E-state index in [-0.39, 0.29) is 0 Å². The highest BCUT2D eigenvalue weighted by atomic mass is 16.4. The molecule has 0 amide bonds. The lowest BCUT2D eigenvalue weighted by Gasteiger charge is -2.05. The van der Waals surface area contributed by atoms with Crippen LogP contribution >= 0.6 is 0 Å². The molecule has 0 bridgehead atoms. The number of aromatic carboxylic acids is 1. The Morgan fingerprint density at radius 3 is 2.83 bits per heavy atom. The van der Waals surface area contributed by atoms with Crippen molar-refractivity contribution in [2.45, 2.75) is 26.3 Å². The van der Waals surface area contributed by atoms with Gasteiger partial charge in [-0.1, -0.05) is 25.5 Å². The molecule has 0 atom stereocenters. The van der Waals surface area contributed by atoms with Crippen molar-refractivity contribution in [2.24, 2.45) is 5.73 Å². The lowest BCUT2D eigenvalue weighted by Crippen LogP contribution is -2.10. The van der Waals surface area contributed by atoms with Crippen LogP contribution in [-0.4, -0.2) is 22.2 Å². The number of hydrogen-bond donors (Lipinski definition) is 2. The molecule has 4 nitrogen and oxygen atoms in total. The smallest absolute Gasteiger partial charge is 0.337 e. The summed E-state index contributed by atoms with van der Waals surface area (Å²) in [5.41, 5.74) is 7.93. The van der Waals surface area contributed by atoms with Gasteiger partial charge in [0.1, 0.15) is 0 Å². The van der Waals surface area contributed by atoms with Crippen LogP contribution in [0.5, 0.6) is 0 Å². The van der Waals surface area contributed by atoms with Crippen LogP contribution < -0.4 is 5.73 Å². The normalized spacial score (nSPS) is 11.0. The van der Waals surface area contributed by atoms with Gasteiger partial charge in [0.05, 0.1) is 11.1 Å². The van der Waals surface area contributed by atoms with Crippen LogP contribution in [0.25, 0.3) is 10.9 Å². The molecule has 0 aliphatic rings. The number of benzene rings is 1. The summed E-state index contributed by atoms with van der Waals surface area (Å²) in [6.45, 7) is 3.26. The number of aryl methyl sites for hydroxylation is 1. The number of hydrogen-bond acceptors (Lipinski definition) is 2. The summed E-state index contributed by atoms with van der Waals surface area (Å²) in [5, 5.41) is 10.3. The van der Waals surface area contributed by atoms with Crippen LogP contribution in [0.4, 0.5) is 0 Å². The van der Waals surface area contributed by atoms with Crippen molar-refractivity contribution in [3.05, 3.63) is 35.5 Å². The molecule has 1 heterocycles. The molecule has 0 unspecified atom stereocenters. The van der Waals surface area contributed by atoms with Crippen LogP contribution in [0.15, 0.2) is 24.4 Å². The Kier molecular flexibility index (Phi) is 3.67. The van der Waals surface area contributed by atoms with Crippen molar-refractivity contribution in [1.82, 2.24) is 4.57 Å². The summed E-state index contributed by atoms with van der Waals surface area (Å²) in [4.78, 5) is 11.3. The van der Waals surface area contributed by atoms with Crippen LogP contribution in [0.3, 0.4) is 0 Å². The Morgan fingerprint density at radius 1 is 1.44 bits per heavy atom. The second-order valence-corrected chi connectivity index (χ2v) is 4.39. The highest BCUT2D eigenvalue weighted by Crippen LogP contribution is 2.26. The predicted molar refractivity (Wildman–Crippen MR) is 71.9 cm³/mol. The number of para-hydroxylation sites is 1. The Hall–Kier alpha value is -1.81. The number of nitrogens with two attached hydrogens (primary N) is 1. The van der Waals surface area contributed by atoms with Crippen molar-refractivity contribution in [3.63, 3.8) is 0 Å². The van der Waals surface area contributed by atoms with E-state index < -0.39 is 5.97 Å². The molecule has 0 radical (unpaired) electrons. The SMILES string of the molecule is CCCc1cn(CCN)c2c(C(=O)O)cccc12. The van der Waals surface area contributed by atoms with E-state index in [4.69, 9.17) is 5.73 Å². The maximum atomic E-state index is 11.3. The van der Waals surface area contributed by atoms with E-state index in [0.717, 1.165) is 23.7 Å². The minimum atomic E-state index is -0.889. The highest BCUT2D eigenvalue weighted by Gasteiger charge is 2.15. The van der Waals surface area contributed by atoms with Gasteiger partial charge >= 0.3 is 5.97 Å². The predicted octanol–water partition coefficient (Wildman–Crippen LogP) is 2.25.